The van der Waals surface area contributed by atoms with E-state index in [0.717, 1.165) is 6.29 Å². The molecule has 0 amide bonds. The zero-order chi connectivity index (χ0) is 10.7. The Labute approximate surface area is 86.2 Å². The Kier molecular flexibility index (Phi) is 2.49. The van der Waals surface area contributed by atoms with Crippen molar-refractivity contribution in [3.05, 3.63) is 36.2 Å². The number of carbonyl (C=O) groups excluding carboxylic acids is 1. The van der Waals surface area contributed by atoms with Crippen LogP contribution in [0.15, 0.2) is 34.9 Å². The normalized spacial score (nSPS) is 10.1. The average Bonchev–Trinajstić information content (AvgIpc) is 2.68. The van der Waals surface area contributed by atoms with E-state index in [1.165, 1.54) is 6.20 Å². The summed E-state index contributed by atoms with van der Waals surface area (Å²) >= 11 is 0. The summed E-state index contributed by atoms with van der Waals surface area (Å²) in [7, 11) is 0. The number of aldehydes is 1. The summed E-state index contributed by atoms with van der Waals surface area (Å²) in [6.07, 6.45) is 2.42. The van der Waals surface area contributed by atoms with E-state index in [9.17, 15) is 9.90 Å². The highest BCUT2D eigenvalue weighted by Crippen LogP contribution is 2.27. The lowest BCUT2D eigenvalue weighted by atomic mass is 10.2. The smallest absolute Gasteiger partial charge is 0.230 e. The van der Waals surface area contributed by atoms with Crippen molar-refractivity contribution in [2.45, 2.75) is 6.42 Å². The molecule has 2 rings (SSSR count). The van der Waals surface area contributed by atoms with Gasteiger partial charge in [-0.2, -0.15) is 0 Å². The van der Waals surface area contributed by atoms with Crippen LogP contribution in [0.1, 0.15) is 5.76 Å². The van der Waals surface area contributed by atoms with Gasteiger partial charge in [-0.25, -0.2) is 4.98 Å². The summed E-state index contributed by atoms with van der Waals surface area (Å²) in [5.74, 6) is 0.921. The van der Waals surface area contributed by atoms with Crippen LogP contribution in [0, 0.1) is 0 Å². The molecule has 0 bridgehead atoms. The molecule has 0 spiro atoms. The lowest BCUT2D eigenvalue weighted by Gasteiger charge is -1.97. The van der Waals surface area contributed by atoms with Gasteiger partial charge in [0.15, 0.2) is 0 Å². The van der Waals surface area contributed by atoms with Crippen LogP contribution in [0.5, 0.6) is 5.75 Å². The van der Waals surface area contributed by atoms with Crippen LogP contribution in [-0.4, -0.2) is 16.4 Å². The summed E-state index contributed by atoms with van der Waals surface area (Å²) in [4.78, 5) is 14.2. The Balaban J connectivity index is 2.37. The van der Waals surface area contributed by atoms with Gasteiger partial charge in [0.1, 0.15) is 17.8 Å². The quantitative estimate of drug-likeness (QED) is 0.772. The molecule has 4 nitrogen and oxygen atoms in total. The SMILES string of the molecule is O=CCc1cnc(-c2ccccc2O)o1. The fourth-order valence-electron chi connectivity index (χ4n) is 1.26. The van der Waals surface area contributed by atoms with Crippen molar-refractivity contribution in [1.82, 2.24) is 4.98 Å². The molecule has 0 radical (unpaired) electrons. The Morgan fingerprint density at radius 1 is 1.40 bits per heavy atom. The first kappa shape index (κ1) is 9.45. The number of hydrogen-bond acceptors (Lipinski definition) is 4. The molecular formula is C11H9NO3. The molecule has 0 aliphatic rings. The minimum atomic E-state index is 0.108. The highest BCUT2D eigenvalue weighted by atomic mass is 16.4. The van der Waals surface area contributed by atoms with Gasteiger partial charge in [-0.15, -0.1) is 0 Å². The van der Waals surface area contributed by atoms with Crippen molar-refractivity contribution in [1.29, 1.82) is 0 Å². The van der Waals surface area contributed by atoms with Crippen LogP contribution in [0.2, 0.25) is 0 Å². The van der Waals surface area contributed by atoms with E-state index in [2.05, 4.69) is 4.98 Å². The van der Waals surface area contributed by atoms with Gasteiger partial charge in [0, 0.05) is 0 Å². The predicted molar refractivity (Wildman–Crippen MR) is 53.4 cm³/mol. The fraction of sp³-hybridized carbons (Fsp3) is 0.0909. The molecule has 1 aromatic carbocycles. The summed E-state index contributed by atoms with van der Waals surface area (Å²) in [6.45, 7) is 0. The lowest BCUT2D eigenvalue weighted by molar-refractivity contribution is -0.107. The molecule has 0 atom stereocenters. The second-order valence-corrected chi connectivity index (χ2v) is 3.02. The first-order chi connectivity index (χ1) is 7.31. The van der Waals surface area contributed by atoms with E-state index in [4.69, 9.17) is 4.42 Å². The van der Waals surface area contributed by atoms with E-state index < -0.39 is 0 Å². The average molecular weight is 203 g/mol. The van der Waals surface area contributed by atoms with E-state index in [0.29, 0.717) is 17.2 Å². The van der Waals surface area contributed by atoms with E-state index >= 15 is 0 Å². The van der Waals surface area contributed by atoms with Crippen LogP contribution < -0.4 is 0 Å². The molecule has 0 unspecified atom stereocenters. The molecule has 0 aliphatic carbocycles. The maximum absolute atomic E-state index is 10.2. The number of phenols is 1. The third kappa shape index (κ3) is 1.88. The van der Waals surface area contributed by atoms with Crippen molar-refractivity contribution < 1.29 is 14.3 Å². The highest BCUT2D eigenvalue weighted by Gasteiger charge is 2.09. The zero-order valence-electron chi connectivity index (χ0n) is 7.88. The zero-order valence-corrected chi connectivity index (χ0v) is 7.88. The number of para-hydroxylation sites is 1. The number of oxazole rings is 1. The monoisotopic (exact) mass is 203 g/mol. The number of aromatic nitrogens is 1. The number of hydrogen-bond donors (Lipinski definition) is 1. The van der Waals surface area contributed by atoms with Gasteiger partial charge in [0.2, 0.25) is 5.89 Å². The Morgan fingerprint density at radius 2 is 2.20 bits per heavy atom. The first-order valence-corrected chi connectivity index (χ1v) is 4.48. The number of rotatable bonds is 3. The van der Waals surface area contributed by atoms with Gasteiger partial charge in [-0.05, 0) is 12.1 Å². The molecule has 0 saturated carbocycles. The topological polar surface area (TPSA) is 63.3 Å². The molecule has 1 heterocycles. The number of carbonyl (C=O) groups is 1. The fourth-order valence-corrected chi connectivity index (χ4v) is 1.26. The minimum Gasteiger partial charge on any atom is -0.507 e. The molecule has 76 valence electrons. The maximum atomic E-state index is 10.2. The van der Waals surface area contributed by atoms with Crippen molar-refractivity contribution in [3.63, 3.8) is 0 Å². The van der Waals surface area contributed by atoms with E-state index in [1.54, 1.807) is 24.3 Å². The maximum Gasteiger partial charge on any atom is 0.230 e. The Morgan fingerprint density at radius 3 is 2.93 bits per heavy atom. The molecule has 15 heavy (non-hydrogen) atoms. The number of phenolic OH excluding ortho intramolecular Hbond substituents is 1. The second kappa shape index (κ2) is 3.96. The third-order valence-corrected chi connectivity index (χ3v) is 1.97. The van der Waals surface area contributed by atoms with Crippen LogP contribution in [-0.2, 0) is 11.2 Å². The molecule has 0 aliphatic heterocycles. The van der Waals surface area contributed by atoms with Crippen molar-refractivity contribution in [3.8, 4) is 17.2 Å². The van der Waals surface area contributed by atoms with Gasteiger partial charge in [0.25, 0.3) is 0 Å². The Bertz CT molecular complexity index is 476. The standard InChI is InChI=1S/C11H9NO3/c13-6-5-8-7-12-11(15-8)9-3-1-2-4-10(9)14/h1-4,6-7,14H,5H2. The lowest BCUT2D eigenvalue weighted by Crippen LogP contribution is -1.79. The molecule has 1 N–H and O–H groups in total. The molecule has 1 aromatic heterocycles. The number of benzene rings is 1. The number of nitrogens with zero attached hydrogens (tertiary/aromatic N) is 1. The van der Waals surface area contributed by atoms with Gasteiger partial charge in [-0.3, -0.25) is 0 Å². The summed E-state index contributed by atoms with van der Waals surface area (Å²) < 4.78 is 5.29. The van der Waals surface area contributed by atoms with Crippen molar-refractivity contribution in [2.24, 2.45) is 0 Å². The van der Waals surface area contributed by atoms with Gasteiger partial charge >= 0.3 is 0 Å². The first-order valence-electron chi connectivity index (χ1n) is 4.48. The number of aromatic hydroxyl groups is 1. The van der Waals surface area contributed by atoms with Gasteiger partial charge in [0.05, 0.1) is 18.2 Å². The summed E-state index contributed by atoms with van der Waals surface area (Å²) in [6, 6.07) is 6.75. The predicted octanol–water partition coefficient (Wildman–Crippen LogP) is 1.79. The summed E-state index contributed by atoms with van der Waals surface area (Å²) in [5, 5.41) is 9.53. The van der Waals surface area contributed by atoms with Crippen molar-refractivity contribution >= 4 is 6.29 Å². The third-order valence-electron chi connectivity index (χ3n) is 1.97. The molecule has 0 saturated heterocycles. The van der Waals surface area contributed by atoms with Gasteiger partial charge < -0.3 is 14.3 Å². The minimum absolute atomic E-state index is 0.108. The van der Waals surface area contributed by atoms with Crippen LogP contribution in [0.25, 0.3) is 11.5 Å². The molecule has 2 aromatic rings. The highest BCUT2D eigenvalue weighted by molar-refractivity contribution is 5.62. The van der Waals surface area contributed by atoms with Crippen LogP contribution in [0.3, 0.4) is 0 Å². The van der Waals surface area contributed by atoms with Gasteiger partial charge in [-0.1, -0.05) is 12.1 Å². The molecule has 4 heteroatoms. The molecule has 0 fully saturated rings. The molecular weight excluding hydrogens is 194 g/mol. The Hall–Kier alpha value is -2.10. The van der Waals surface area contributed by atoms with E-state index in [-0.39, 0.29) is 12.2 Å². The van der Waals surface area contributed by atoms with Crippen LogP contribution in [0.4, 0.5) is 0 Å². The van der Waals surface area contributed by atoms with E-state index in [1.807, 2.05) is 0 Å². The van der Waals surface area contributed by atoms with Crippen molar-refractivity contribution in [2.75, 3.05) is 0 Å². The largest absolute Gasteiger partial charge is 0.507 e. The summed E-state index contributed by atoms with van der Waals surface area (Å²) in [5.41, 5.74) is 0.523. The second-order valence-electron chi connectivity index (χ2n) is 3.02. The van der Waals surface area contributed by atoms with Crippen LogP contribution >= 0.6 is 0 Å².